The van der Waals surface area contributed by atoms with Crippen molar-refractivity contribution < 1.29 is 97.9 Å². The molecule has 0 spiro atoms. The molecule has 0 aliphatic heterocycles. The van der Waals surface area contributed by atoms with Crippen LogP contribution in [0, 0.1) is 0 Å². The minimum atomic E-state index is -9.75. The van der Waals surface area contributed by atoms with Gasteiger partial charge in [-0.15, -0.1) is 0 Å². The highest BCUT2D eigenvalue weighted by Gasteiger charge is 2.87. The van der Waals surface area contributed by atoms with Crippen molar-refractivity contribution in [2.24, 2.45) is 0 Å². The number of hydrogen-bond acceptors (Lipinski definition) is 9. The fourth-order valence-electron chi connectivity index (χ4n) is 2.08. The van der Waals surface area contributed by atoms with E-state index in [9.17, 15) is 65.9 Å². The lowest BCUT2D eigenvalue weighted by molar-refractivity contribution is -0.401. The molecule has 0 bridgehead atoms. The van der Waals surface area contributed by atoms with Crippen LogP contribution >= 0.6 is 38.4 Å². The van der Waals surface area contributed by atoms with E-state index in [0.29, 0.717) is 6.92 Å². The summed E-state index contributed by atoms with van der Waals surface area (Å²) in [7, 11) is 0.714. The number of alkyl halides is 15. The van der Waals surface area contributed by atoms with Crippen LogP contribution in [0.1, 0.15) is 6.92 Å². The lowest BCUT2D eigenvalue weighted by Gasteiger charge is -2.76. The zero-order chi connectivity index (χ0) is 32.3. The standard InChI is InChI=1S/C14H18ClF15O7S3/c1-5-35-13(36-7(16)17,12(26,27)32-3)39-40(15,33-4,14(28,29)30,37-11(24,25)10(21,22)23)38-8(31-2)34-6-9(18,19)20/h7-8H,5-6H2,1-4H3. The molecule has 0 saturated heterocycles. The summed E-state index contributed by atoms with van der Waals surface area (Å²) in [5.41, 5.74) is -10.6. The first-order valence-electron chi connectivity index (χ1n) is 9.24. The van der Waals surface area contributed by atoms with Crippen molar-refractivity contribution in [1.82, 2.24) is 0 Å². The Bertz CT molecular complexity index is 866. The Morgan fingerprint density at radius 3 is 1.62 bits per heavy atom. The molecule has 7 nitrogen and oxygen atoms in total. The molecule has 2 unspecified atom stereocenters. The summed E-state index contributed by atoms with van der Waals surface area (Å²) in [4.78, 5) is 0. The fourth-order valence-corrected chi connectivity index (χ4v) is 13.4. The van der Waals surface area contributed by atoms with Crippen LogP contribution in [0.4, 0.5) is 65.9 Å². The molecule has 40 heavy (non-hydrogen) atoms. The van der Waals surface area contributed by atoms with E-state index in [4.69, 9.17) is 10.7 Å². The summed E-state index contributed by atoms with van der Waals surface area (Å²) in [6.45, 7) is -8.08. The monoisotopic (exact) mass is 714 g/mol. The van der Waals surface area contributed by atoms with E-state index in [1.54, 1.807) is 0 Å². The third-order valence-electron chi connectivity index (χ3n) is 3.76. The molecular formula is C14H18ClF15O7S3. The molecule has 0 amide bonds. The summed E-state index contributed by atoms with van der Waals surface area (Å²) in [5.74, 6) is 0. The number of halogens is 16. The third kappa shape index (κ3) is 7.93. The number of hydrogen-bond donors (Lipinski definition) is 0. The van der Waals surface area contributed by atoms with Gasteiger partial charge in [-0.2, -0.15) is 70.0 Å². The second kappa shape index (κ2) is 12.2. The van der Waals surface area contributed by atoms with Crippen LogP contribution in [-0.4, -0.2) is 82.0 Å². The number of rotatable bonds is 16. The minimum absolute atomic E-state index is 0.0965. The normalized spacial score (nSPS) is 18.8. The van der Waals surface area contributed by atoms with Crippen molar-refractivity contribution in [3.63, 3.8) is 0 Å². The van der Waals surface area contributed by atoms with Crippen molar-refractivity contribution in [3.05, 3.63) is 0 Å². The molecule has 0 aromatic heterocycles. The molecular weight excluding hydrogens is 697 g/mol. The molecule has 26 heteroatoms. The Balaban J connectivity index is 8.11. The van der Waals surface area contributed by atoms with Crippen LogP contribution in [0.15, 0.2) is 0 Å². The highest BCUT2D eigenvalue weighted by atomic mass is 35.8. The molecule has 0 aliphatic carbocycles. The van der Waals surface area contributed by atoms with E-state index in [2.05, 4.69) is 32.1 Å². The van der Waals surface area contributed by atoms with Gasteiger partial charge >= 0.3 is 41.8 Å². The van der Waals surface area contributed by atoms with E-state index < -0.39 is 95.5 Å². The van der Waals surface area contributed by atoms with Crippen LogP contribution < -0.4 is 0 Å². The maximum atomic E-state index is 14.9. The Kier molecular flexibility index (Phi) is 12.2. The second-order valence-corrected chi connectivity index (χ2v) is 20.5. The quantitative estimate of drug-likeness (QED) is 0.0896. The Morgan fingerprint density at radius 2 is 1.32 bits per heavy atom. The van der Waals surface area contributed by atoms with Gasteiger partial charge in [0.25, 0.3) is 0 Å². The predicted molar refractivity (Wildman–Crippen MR) is 110 cm³/mol. The van der Waals surface area contributed by atoms with Crippen LogP contribution in [0.2, 0.25) is 0 Å². The van der Waals surface area contributed by atoms with Gasteiger partial charge in [0.2, 0.25) is 5.62 Å². The van der Waals surface area contributed by atoms with Crippen molar-refractivity contribution in [2.75, 3.05) is 34.5 Å². The average Bonchev–Trinajstić information content (AvgIpc) is 2.74. The van der Waals surface area contributed by atoms with Gasteiger partial charge in [0.15, 0.2) is 0 Å². The Labute approximate surface area is 225 Å². The predicted octanol–water partition coefficient (Wildman–Crippen LogP) is 8.16. The first-order chi connectivity index (χ1) is 17.5. The molecule has 0 radical (unpaired) electrons. The highest BCUT2D eigenvalue weighted by molar-refractivity contribution is 9.45. The van der Waals surface area contributed by atoms with E-state index in [0.717, 1.165) is 0 Å². The molecule has 0 aliphatic rings. The Hall–Kier alpha value is 0.01000. The van der Waals surface area contributed by atoms with Gasteiger partial charge in [0.05, 0.1) is 7.11 Å². The SMILES string of the molecule is CCOC(OC(F)F)(SS(Cl)(OC)(OC(F)(F)C(F)(F)F)(SC(OC)OCC(F)(F)F)C(F)(F)F)C(F)(F)OC. The average molecular weight is 715 g/mol. The summed E-state index contributed by atoms with van der Waals surface area (Å²) < 4.78 is 233. The molecule has 0 fully saturated rings. The van der Waals surface area contributed by atoms with Crippen LogP contribution in [0.5, 0.6) is 0 Å². The van der Waals surface area contributed by atoms with Crippen LogP contribution in [-0.2, 0) is 32.1 Å². The van der Waals surface area contributed by atoms with E-state index in [1.165, 1.54) is 0 Å². The van der Waals surface area contributed by atoms with Crippen molar-refractivity contribution in [2.45, 2.75) is 54.4 Å². The maximum Gasteiger partial charge on any atom is 0.498 e. The van der Waals surface area contributed by atoms with E-state index in [1.807, 2.05) is 0 Å². The maximum absolute atomic E-state index is 14.9. The smallest absolute Gasteiger partial charge is 0.346 e. The topological polar surface area (TPSA) is 64.6 Å². The largest absolute Gasteiger partial charge is 0.498 e. The molecule has 0 rings (SSSR count). The van der Waals surface area contributed by atoms with E-state index >= 15 is 0 Å². The first kappa shape index (κ1) is 40.0. The van der Waals surface area contributed by atoms with Gasteiger partial charge in [-0.05, 0) is 6.92 Å². The van der Waals surface area contributed by atoms with E-state index in [-0.39, 0.29) is 14.2 Å². The lowest BCUT2D eigenvalue weighted by atomic mass is 10.5. The molecule has 0 heterocycles. The van der Waals surface area contributed by atoms with Gasteiger partial charge in [0, 0.05) is 53.1 Å². The number of methoxy groups -OCH3 is 2. The summed E-state index contributed by atoms with van der Waals surface area (Å²) >= 11 is 0. The molecule has 2 atom stereocenters. The van der Waals surface area contributed by atoms with Gasteiger partial charge < -0.3 is 18.9 Å². The second-order valence-electron chi connectivity index (χ2n) is 6.50. The van der Waals surface area contributed by atoms with Crippen LogP contribution in [0.3, 0.4) is 0 Å². The van der Waals surface area contributed by atoms with Gasteiger partial charge in [-0.3, -0.25) is 8.92 Å². The van der Waals surface area contributed by atoms with Crippen LogP contribution in [0.25, 0.3) is 0 Å². The lowest BCUT2D eigenvalue weighted by Crippen LogP contribution is -2.59. The number of ether oxygens (including phenoxy) is 5. The molecule has 0 saturated carbocycles. The zero-order valence-electron chi connectivity index (χ0n) is 19.7. The summed E-state index contributed by atoms with van der Waals surface area (Å²) in [6, 6.07) is 0. The summed E-state index contributed by atoms with van der Waals surface area (Å²) in [6.07, 6.45) is -35.3. The molecule has 0 aromatic carbocycles. The van der Waals surface area contributed by atoms with Crippen molar-refractivity contribution >= 4 is 38.4 Å². The Morgan fingerprint density at radius 1 is 0.825 bits per heavy atom. The first-order valence-corrected chi connectivity index (χ1v) is 15.1. The highest BCUT2D eigenvalue weighted by Crippen LogP contribution is 3.16. The molecule has 0 aromatic rings. The zero-order valence-corrected chi connectivity index (χ0v) is 22.9. The van der Waals surface area contributed by atoms with Gasteiger partial charge in [0.1, 0.15) is 6.61 Å². The fraction of sp³-hybridized carbons (Fsp3) is 1.00. The van der Waals surface area contributed by atoms with Crippen molar-refractivity contribution in [3.8, 4) is 0 Å². The van der Waals surface area contributed by atoms with Gasteiger partial charge in [-0.25, -0.2) is 0 Å². The summed E-state index contributed by atoms with van der Waals surface area (Å²) in [5, 5.41) is -5.20. The van der Waals surface area contributed by atoms with Gasteiger partial charge in [-0.1, -0.05) is 6.13 Å². The third-order valence-corrected chi connectivity index (χ3v) is 17.2. The molecule has 246 valence electrons. The van der Waals surface area contributed by atoms with Crippen molar-refractivity contribution in [1.29, 1.82) is 0 Å². The molecule has 0 N–H and O–H groups in total. The minimum Gasteiger partial charge on any atom is -0.346 e.